The van der Waals surface area contributed by atoms with Crippen molar-refractivity contribution in [3.63, 3.8) is 0 Å². The Morgan fingerprint density at radius 3 is 2.29 bits per heavy atom. The van der Waals surface area contributed by atoms with Crippen LogP contribution in [0.3, 0.4) is 0 Å². The zero-order chi connectivity index (χ0) is 13.3. The fraction of sp³-hybridized carbons (Fsp3) is 0.867. The summed E-state index contributed by atoms with van der Waals surface area (Å²) in [5, 5.41) is 0. The van der Waals surface area contributed by atoms with E-state index >= 15 is 0 Å². The van der Waals surface area contributed by atoms with Crippen molar-refractivity contribution in [3.05, 3.63) is 12.7 Å². The molecule has 0 aliphatic heterocycles. The predicted molar refractivity (Wildman–Crippen MR) is 74.0 cm³/mol. The van der Waals surface area contributed by atoms with Crippen molar-refractivity contribution in [2.24, 2.45) is 17.8 Å². The van der Waals surface area contributed by atoms with E-state index in [-0.39, 0.29) is 0 Å². The Hall–Kier alpha value is -0.340. The van der Waals surface area contributed by atoms with E-state index in [1.807, 2.05) is 6.08 Å². The molecule has 0 spiro atoms. The molecule has 2 heteroatoms. The molecule has 0 unspecified atom stereocenters. The van der Waals surface area contributed by atoms with Crippen LogP contribution in [0, 0.1) is 17.8 Å². The number of unbranched alkanes of at least 4 members (excludes halogenated alkanes) is 1. The zero-order valence-corrected chi connectivity index (χ0v) is 12.2. The molecule has 0 aliphatic carbocycles. The third-order valence-electron chi connectivity index (χ3n) is 3.86. The number of hydrogen-bond acceptors (Lipinski definition) is 2. The summed E-state index contributed by atoms with van der Waals surface area (Å²) >= 11 is 0. The number of hydrogen-bond donors (Lipinski definition) is 0. The Balaban J connectivity index is 4.37. The average Bonchev–Trinajstić information content (AvgIpc) is 2.36. The van der Waals surface area contributed by atoms with Gasteiger partial charge in [-0.3, -0.25) is 0 Å². The molecule has 0 rings (SSSR count). The summed E-state index contributed by atoms with van der Waals surface area (Å²) in [6.07, 6.45) is 5.88. The molecule has 0 aromatic heterocycles. The van der Waals surface area contributed by atoms with Gasteiger partial charge >= 0.3 is 0 Å². The van der Waals surface area contributed by atoms with E-state index in [0.29, 0.717) is 30.7 Å². The standard InChI is InChI=1S/C15H30O2/c1-7-9-10-15(17-11-16-6)14(5)13(4)12(3)8-2/h8,12-15H,2,7,9-11H2,1,3-6H3/t12-,13-,14+,15-/m0/s1. The first kappa shape index (κ1) is 16.7. The summed E-state index contributed by atoms with van der Waals surface area (Å²) in [5.74, 6) is 1.65. The molecule has 0 aromatic carbocycles. The Kier molecular flexibility index (Phi) is 9.47. The van der Waals surface area contributed by atoms with Crippen molar-refractivity contribution in [2.45, 2.75) is 53.1 Å². The van der Waals surface area contributed by atoms with Crippen LogP contribution < -0.4 is 0 Å². The molecule has 0 N–H and O–H groups in total. The molecule has 0 saturated heterocycles. The highest BCUT2D eigenvalue weighted by molar-refractivity contribution is 4.84. The molecular formula is C15H30O2. The van der Waals surface area contributed by atoms with E-state index in [2.05, 4.69) is 34.3 Å². The molecule has 4 atom stereocenters. The Labute approximate surface area is 107 Å². The highest BCUT2D eigenvalue weighted by atomic mass is 16.7. The third kappa shape index (κ3) is 6.23. The quantitative estimate of drug-likeness (QED) is 0.421. The maximum absolute atomic E-state index is 5.81. The maximum Gasteiger partial charge on any atom is 0.146 e. The van der Waals surface area contributed by atoms with Gasteiger partial charge in [-0.2, -0.15) is 0 Å². The molecule has 2 nitrogen and oxygen atoms in total. The van der Waals surface area contributed by atoms with E-state index in [1.54, 1.807) is 7.11 Å². The van der Waals surface area contributed by atoms with Gasteiger partial charge in [0.1, 0.15) is 6.79 Å². The largest absolute Gasteiger partial charge is 0.359 e. The first-order chi connectivity index (χ1) is 8.08. The zero-order valence-electron chi connectivity index (χ0n) is 12.2. The summed E-state index contributed by atoms with van der Waals surface area (Å²) in [4.78, 5) is 0. The van der Waals surface area contributed by atoms with Gasteiger partial charge in [0.15, 0.2) is 0 Å². The van der Waals surface area contributed by atoms with Gasteiger partial charge in [0.05, 0.1) is 6.10 Å². The molecule has 102 valence electrons. The normalized spacial score (nSPS) is 18.4. The van der Waals surface area contributed by atoms with Gasteiger partial charge in [0.25, 0.3) is 0 Å². The number of rotatable bonds is 10. The van der Waals surface area contributed by atoms with Crippen molar-refractivity contribution >= 4 is 0 Å². The lowest BCUT2D eigenvalue weighted by Crippen LogP contribution is -2.30. The highest BCUT2D eigenvalue weighted by Crippen LogP contribution is 2.28. The molecular weight excluding hydrogens is 212 g/mol. The molecule has 0 heterocycles. The van der Waals surface area contributed by atoms with Crippen molar-refractivity contribution in [1.29, 1.82) is 0 Å². The minimum Gasteiger partial charge on any atom is -0.359 e. The van der Waals surface area contributed by atoms with Crippen molar-refractivity contribution in [2.75, 3.05) is 13.9 Å². The Morgan fingerprint density at radius 1 is 1.18 bits per heavy atom. The van der Waals surface area contributed by atoms with Crippen LogP contribution in [0.4, 0.5) is 0 Å². The summed E-state index contributed by atoms with van der Waals surface area (Å²) in [6.45, 7) is 13.3. The maximum atomic E-state index is 5.81. The second-order valence-corrected chi connectivity index (χ2v) is 5.07. The molecule has 0 saturated carbocycles. The number of ether oxygens (including phenoxy) is 2. The third-order valence-corrected chi connectivity index (χ3v) is 3.86. The van der Waals surface area contributed by atoms with Gasteiger partial charge in [-0.1, -0.05) is 46.6 Å². The molecule has 0 aromatic rings. The summed E-state index contributed by atoms with van der Waals surface area (Å²) in [7, 11) is 1.68. The second-order valence-electron chi connectivity index (χ2n) is 5.07. The van der Waals surface area contributed by atoms with Crippen LogP contribution in [0.1, 0.15) is 47.0 Å². The Morgan fingerprint density at radius 2 is 1.82 bits per heavy atom. The molecule has 0 fully saturated rings. The lowest BCUT2D eigenvalue weighted by atomic mass is 9.80. The highest BCUT2D eigenvalue weighted by Gasteiger charge is 2.25. The number of methoxy groups -OCH3 is 1. The fourth-order valence-electron chi connectivity index (χ4n) is 2.09. The van der Waals surface area contributed by atoms with E-state index in [4.69, 9.17) is 9.47 Å². The van der Waals surface area contributed by atoms with Crippen LogP contribution in [0.2, 0.25) is 0 Å². The minimum absolute atomic E-state index is 0.298. The van der Waals surface area contributed by atoms with Gasteiger partial charge in [-0.15, -0.1) is 6.58 Å². The van der Waals surface area contributed by atoms with Gasteiger partial charge in [-0.05, 0) is 24.2 Å². The lowest BCUT2D eigenvalue weighted by molar-refractivity contribution is -0.101. The SMILES string of the molecule is C=C[C@H](C)[C@H](C)[C@@H](C)[C@H](CCCC)OCOC. The van der Waals surface area contributed by atoms with Crippen LogP contribution in [0.25, 0.3) is 0 Å². The fourth-order valence-corrected chi connectivity index (χ4v) is 2.09. The van der Waals surface area contributed by atoms with Crippen LogP contribution in [-0.4, -0.2) is 20.0 Å². The molecule has 0 aliphatic rings. The molecule has 0 amide bonds. The number of allylic oxidation sites excluding steroid dienone is 1. The van der Waals surface area contributed by atoms with Crippen LogP contribution in [0.5, 0.6) is 0 Å². The second kappa shape index (κ2) is 9.67. The van der Waals surface area contributed by atoms with Crippen molar-refractivity contribution < 1.29 is 9.47 Å². The Bertz CT molecular complexity index is 183. The van der Waals surface area contributed by atoms with E-state index in [1.165, 1.54) is 12.8 Å². The van der Waals surface area contributed by atoms with Gasteiger partial charge in [0.2, 0.25) is 0 Å². The topological polar surface area (TPSA) is 18.5 Å². The minimum atomic E-state index is 0.298. The first-order valence-electron chi connectivity index (χ1n) is 6.81. The lowest BCUT2D eigenvalue weighted by Gasteiger charge is -2.31. The van der Waals surface area contributed by atoms with E-state index < -0.39 is 0 Å². The summed E-state index contributed by atoms with van der Waals surface area (Å²) in [5.41, 5.74) is 0. The van der Waals surface area contributed by atoms with Crippen molar-refractivity contribution in [3.8, 4) is 0 Å². The summed E-state index contributed by atoms with van der Waals surface area (Å²) in [6, 6.07) is 0. The van der Waals surface area contributed by atoms with Gasteiger partial charge in [0, 0.05) is 7.11 Å². The van der Waals surface area contributed by atoms with Crippen LogP contribution in [-0.2, 0) is 9.47 Å². The first-order valence-corrected chi connectivity index (χ1v) is 6.81. The molecule has 17 heavy (non-hydrogen) atoms. The van der Waals surface area contributed by atoms with E-state index in [0.717, 1.165) is 6.42 Å². The smallest absolute Gasteiger partial charge is 0.146 e. The predicted octanol–water partition coefficient (Wildman–Crippen LogP) is 4.26. The van der Waals surface area contributed by atoms with Crippen LogP contribution in [0.15, 0.2) is 12.7 Å². The average molecular weight is 242 g/mol. The van der Waals surface area contributed by atoms with Gasteiger partial charge in [-0.25, -0.2) is 0 Å². The molecule has 0 radical (unpaired) electrons. The monoisotopic (exact) mass is 242 g/mol. The van der Waals surface area contributed by atoms with Crippen molar-refractivity contribution in [1.82, 2.24) is 0 Å². The summed E-state index contributed by atoms with van der Waals surface area (Å²) < 4.78 is 10.8. The molecule has 0 bridgehead atoms. The van der Waals surface area contributed by atoms with E-state index in [9.17, 15) is 0 Å². The van der Waals surface area contributed by atoms with Crippen LogP contribution >= 0.6 is 0 Å². The van der Waals surface area contributed by atoms with Gasteiger partial charge < -0.3 is 9.47 Å².